The first-order valence-electron chi connectivity index (χ1n) is 13.0. The highest BCUT2D eigenvalue weighted by Crippen LogP contribution is 2.46. The Morgan fingerprint density at radius 3 is 2.38 bits per heavy atom. The van der Waals surface area contributed by atoms with Crippen LogP contribution >= 0.6 is 0 Å². The molecular weight excluding hydrogens is 466 g/mol. The molecule has 2 aromatic carbocycles. The van der Waals surface area contributed by atoms with Gasteiger partial charge in [0.2, 0.25) is 5.91 Å². The van der Waals surface area contributed by atoms with Crippen molar-refractivity contribution >= 4 is 23.5 Å². The molecule has 1 fully saturated rings. The first-order chi connectivity index (χ1) is 17.6. The number of hydrogen-bond donors (Lipinski definition) is 2. The predicted molar refractivity (Wildman–Crippen MR) is 143 cm³/mol. The van der Waals surface area contributed by atoms with Gasteiger partial charge in [-0.05, 0) is 45.1 Å². The van der Waals surface area contributed by atoms with Gasteiger partial charge in [-0.15, -0.1) is 0 Å². The van der Waals surface area contributed by atoms with Crippen LogP contribution in [0.5, 0.6) is 0 Å². The monoisotopic (exact) mass is 503 g/mol. The molecule has 0 aromatic heterocycles. The van der Waals surface area contributed by atoms with Crippen molar-refractivity contribution < 1.29 is 19.1 Å². The second-order valence-electron chi connectivity index (χ2n) is 10.3. The molecule has 2 N–H and O–H groups in total. The number of nitrogens with one attached hydrogen (secondary N) is 2. The molecule has 2 amide bonds. The van der Waals surface area contributed by atoms with E-state index >= 15 is 0 Å². The normalized spacial score (nSPS) is 20.2. The molecule has 37 heavy (non-hydrogen) atoms. The number of carbonyl (C=O) groups is 3. The van der Waals surface area contributed by atoms with Crippen LogP contribution < -0.4 is 10.6 Å². The van der Waals surface area contributed by atoms with Crippen molar-refractivity contribution in [3.05, 3.63) is 77.1 Å². The number of rotatable bonds is 9. The number of amides is 2. The SMILES string of the molecule is [C-]#[N+]c1ccc(C(=O)NC2(C(C)(C)C(=O)N[C@@H](Cc3ccccc3)C(=O)OCC)CCCCC2C)cc1. The molecule has 1 saturated carbocycles. The van der Waals surface area contributed by atoms with Crippen molar-refractivity contribution in [2.24, 2.45) is 11.3 Å². The van der Waals surface area contributed by atoms with Gasteiger partial charge in [-0.25, -0.2) is 9.64 Å². The van der Waals surface area contributed by atoms with Gasteiger partial charge in [0, 0.05) is 12.0 Å². The van der Waals surface area contributed by atoms with Crippen LogP contribution in [0.25, 0.3) is 4.85 Å². The number of carbonyl (C=O) groups excluding carboxylic acids is 3. The quantitative estimate of drug-likeness (QED) is 0.362. The number of benzene rings is 2. The average Bonchev–Trinajstić information content (AvgIpc) is 2.90. The maximum atomic E-state index is 13.9. The van der Waals surface area contributed by atoms with Crippen molar-refractivity contribution in [1.29, 1.82) is 0 Å². The lowest BCUT2D eigenvalue weighted by molar-refractivity contribution is -0.150. The molecule has 0 bridgehead atoms. The maximum Gasteiger partial charge on any atom is 0.328 e. The highest BCUT2D eigenvalue weighted by molar-refractivity contribution is 5.96. The minimum absolute atomic E-state index is 0.0311. The molecule has 2 unspecified atom stereocenters. The topological polar surface area (TPSA) is 88.9 Å². The summed E-state index contributed by atoms with van der Waals surface area (Å²) in [6.45, 7) is 14.9. The van der Waals surface area contributed by atoms with Crippen LogP contribution in [0, 0.1) is 17.9 Å². The summed E-state index contributed by atoms with van der Waals surface area (Å²) in [5.74, 6) is -1.04. The lowest BCUT2D eigenvalue weighted by atomic mass is 9.59. The predicted octanol–water partition coefficient (Wildman–Crippen LogP) is 5.23. The zero-order chi connectivity index (χ0) is 27.1. The molecule has 1 aliphatic rings. The fraction of sp³-hybridized carbons (Fsp3) is 0.467. The zero-order valence-corrected chi connectivity index (χ0v) is 22.2. The van der Waals surface area contributed by atoms with Gasteiger partial charge in [-0.2, -0.15) is 0 Å². The molecule has 7 heteroatoms. The van der Waals surface area contributed by atoms with Gasteiger partial charge in [0.1, 0.15) is 6.04 Å². The Morgan fingerprint density at radius 2 is 1.78 bits per heavy atom. The van der Waals surface area contributed by atoms with E-state index in [1.54, 1.807) is 31.2 Å². The van der Waals surface area contributed by atoms with Crippen LogP contribution in [-0.4, -0.2) is 36.0 Å². The Labute approximate surface area is 219 Å². The van der Waals surface area contributed by atoms with Crippen molar-refractivity contribution in [2.45, 2.75) is 71.4 Å². The summed E-state index contributed by atoms with van der Waals surface area (Å²) in [7, 11) is 0. The number of ether oxygens (including phenoxy) is 1. The number of hydrogen-bond acceptors (Lipinski definition) is 4. The van der Waals surface area contributed by atoms with E-state index in [0.29, 0.717) is 24.1 Å². The summed E-state index contributed by atoms with van der Waals surface area (Å²) in [6.07, 6.45) is 3.73. The molecule has 196 valence electrons. The third-order valence-electron chi connectivity index (χ3n) is 7.74. The summed E-state index contributed by atoms with van der Waals surface area (Å²) in [6, 6.07) is 15.2. The molecule has 0 spiro atoms. The summed E-state index contributed by atoms with van der Waals surface area (Å²) in [5, 5.41) is 6.20. The standard InChI is InChI=1S/C30H37N3O4/c1-6-37-27(35)25(20-22-13-8-7-9-14-22)32-28(36)29(3,4)30(19-11-10-12-21(30)2)33-26(34)23-15-17-24(31-5)18-16-23/h7-9,13-18,21,25H,6,10-12,19-20H2,1-4H3,(H,32,36)(H,33,34)/t21?,25-,30?/m0/s1. The molecule has 0 heterocycles. The van der Waals surface area contributed by atoms with E-state index in [1.165, 1.54) is 0 Å². The van der Waals surface area contributed by atoms with E-state index in [2.05, 4.69) is 22.4 Å². The van der Waals surface area contributed by atoms with Crippen LogP contribution in [0.4, 0.5) is 5.69 Å². The van der Waals surface area contributed by atoms with E-state index in [0.717, 1.165) is 24.8 Å². The van der Waals surface area contributed by atoms with E-state index in [9.17, 15) is 14.4 Å². The van der Waals surface area contributed by atoms with E-state index in [1.807, 2.05) is 44.2 Å². The lowest BCUT2D eigenvalue weighted by Gasteiger charge is -2.52. The molecule has 3 atom stereocenters. The molecule has 3 rings (SSSR count). The zero-order valence-electron chi connectivity index (χ0n) is 22.2. The third kappa shape index (κ3) is 6.19. The second kappa shape index (κ2) is 12.1. The third-order valence-corrected chi connectivity index (χ3v) is 7.74. The Morgan fingerprint density at radius 1 is 1.11 bits per heavy atom. The van der Waals surface area contributed by atoms with Gasteiger partial charge >= 0.3 is 5.97 Å². The Balaban J connectivity index is 1.90. The Kier molecular flexibility index (Phi) is 9.09. The van der Waals surface area contributed by atoms with Crippen molar-refractivity contribution in [1.82, 2.24) is 10.6 Å². The van der Waals surface area contributed by atoms with Crippen molar-refractivity contribution in [2.75, 3.05) is 6.61 Å². The van der Waals surface area contributed by atoms with Crippen molar-refractivity contribution in [3.63, 3.8) is 0 Å². The summed E-state index contributed by atoms with van der Waals surface area (Å²) in [5.41, 5.74) is -0.0396. The lowest BCUT2D eigenvalue weighted by Crippen LogP contribution is -2.68. The molecular formula is C30H37N3O4. The molecule has 2 aromatic rings. The summed E-state index contributed by atoms with van der Waals surface area (Å²) < 4.78 is 5.28. The average molecular weight is 504 g/mol. The minimum atomic E-state index is -1.03. The van der Waals surface area contributed by atoms with Crippen LogP contribution in [0.2, 0.25) is 0 Å². The fourth-order valence-corrected chi connectivity index (χ4v) is 5.41. The van der Waals surface area contributed by atoms with Gasteiger partial charge < -0.3 is 15.4 Å². The van der Waals surface area contributed by atoms with Crippen molar-refractivity contribution in [3.8, 4) is 0 Å². The molecule has 7 nitrogen and oxygen atoms in total. The Hall–Kier alpha value is -3.66. The van der Waals surface area contributed by atoms with Crippen LogP contribution in [0.15, 0.2) is 54.6 Å². The van der Waals surface area contributed by atoms with Gasteiger partial charge in [0.05, 0.1) is 24.1 Å². The van der Waals surface area contributed by atoms with Crippen LogP contribution in [-0.2, 0) is 20.7 Å². The largest absolute Gasteiger partial charge is 0.464 e. The second-order valence-corrected chi connectivity index (χ2v) is 10.3. The van der Waals surface area contributed by atoms with Crippen LogP contribution in [0.3, 0.4) is 0 Å². The van der Waals surface area contributed by atoms with Gasteiger partial charge in [-0.3, -0.25) is 9.59 Å². The maximum absolute atomic E-state index is 13.9. The summed E-state index contributed by atoms with van der Waals surface area (Å²) in [4.78, 5) is 43.5. The molecule has 0 aliphatic heterocycles. The highest BCUT2D eigenvalue weighted by atomic mass is 16.5. The first kappa shape index (κ1) is 27.9. The summed E-state index contributed by atoms with van der Waals surface area (Å²) >= 11 is 0. The smallest absolute Gasteiger partial charge is 0.328 e. The van der Waals surface area contributed by atoms with Crippen LogP contribution in [0.1, 0.15) is 69.3 Å². The number of esters is 1. The molecule has 1 aliphatic carbocycles. The first-order valence-corrected chi connectivity index (χ1v) is 13.0. The highest BCUT2D eigenvalue weighted by Gasteiger charge is 2.55. The molecule has 0 saturated heterocycles. The van der Waals surface area contributed by atoms with Gasteiger partial charge in [-0.1, -0.05) is 74.4 Å². The van der Waals surface area contributed by atoms with E-state index < -0.39 is 23.0 Å². The number of nitrogens with zero attached hydrogens (tertiary/aromatic N) is 1. The van der Waals surface area contributed by atoms with Gasteiger partial charge in [0.25, 0.3) is 5.91 Å². The van der Waals surface area contributed by atoms with E-state index in [-0.39, 0.29) is 24.3 Å². The Bertz CT molecular complexity index is 1140. The fourth-order valence-electron chi connectivity index (χ4n) is 5.41. The minimum Gasteiger partial charge on any atom is -0.464 e. The van der Waals surface area contributed by atoms with Gasteiger partial charge in [0.15, 0.2) is 5.69 Å². The molecule has 0 radical (unpaired) electrons. The van der Waals surface area contributed by atoms with E-state index in [4.69, 9.17) is 11.3 Å².